The maximum Gasteiger partial charge on any atom is 0.0690 e. The molecule has 0 aliphatic heterocycles. The summed E-state index contributed by atoms with van der Waals surface area (Å²) in [5.41, 5.74) is 4.34. The van der Waals surface area contributed by atoms with Crippen LogP contribution in [-0.4, -0.2) is 11.7 Å². The zero-order chi connectivity index (χ0) is 12.1. The van der Waals surface area contributed by atoms with Crippen LogP contribution >= 0.6 is 0 Å². The molecule has 2 aromatic carbocycles. The highest BCUT2D eigenvalue weighted by Crippen LogP contribution is 2.25. The highest BCUT2D eigenvalue weighted by Gasteiger charge is 2.05. The van der Waals surface area contributed by atoms with Gasteiger partial charge < -0.3 is 5.11 Å². The third kappa shape index (κ3) is 2.63. The average molecular weight is 224 g/mol. The smallest absolute Gasteiger partial charge is 0.0690 e. The lowest BCUT2D eigenvalue weighted by molar-refractivity contribution is 0.350. The van der Waals surface area contributed by atoms with Crippen molar-refractivity contribution in [1.82, 2.24) is 0 Å². The quantitative estimate of drug-likeness (QED) is 0.790. The topological polar surface area (TPSA) is 20.2 Å². The van der Waals surface area contributed by atoms with E-state index in [2.05, 4.69) is 12.1 Å². The van der Waals surface area contributed by atoms with Crippen LogP contribution in [0.1, 0.15) is 18.1 Å². The van der Waals surface area contributed by atoms with Crippen molar-refractivity contribution in [3.8, 4) is 0 Å². The molecule has 0 heterocycles. The maximum atomic E-state index is 9.55. The second-order valence-electron chi connectivity index (χ2n) is 3.99. The fourth-order valence-corrected chi connectivity index (χ4v) is 1.93. The van der Waals surface area contributed by atoms with Crippen molar-refractivity contribution in [2.24, 2.45) is 0 Å². The van der Waals surface area contributed by atoms with Crippen LogP contribution in [0.2, 0.25) is 0 Å². The van der Waals surface area contributed by atoms with Crippen molar-refractivity contribution in [2.45, 2.75) is 6.92 Å². The Labute approximate surface area is 102 Å². The van der Waals surface area contributed by atoms with Crippen LogP contribution in [0.3, 0.4) is 0 Å². The van der Waals surface area contributed by atoms with Crippen LogP contribution < -0.4 is 0 Å². The van der Waals surface area contributed by atoms with Crippen LogP contribution in [0.4, 0.5) is 0 Å². The van der Waals surface area contributed by atoms with E-state index in [1.54, 1.807) is 0 Å². The van der Waals surface area contributed by atoms with Crippen molar-refractivity contribution >= 4 is 11.1 Å². The van der Waals surface area contributed by atoms with Gasteiger partial charge in [-0.3, -0.25) is 0 Å². The van der Waals surface area contributed by atoms with Crippen LogP contribution in [0.5, 0.6) is 0 Å². The summed E-state index contributed by atoms with van der Waals surface area (Å²) in [5.74, 6) is 0. The Bertz CT molecular complexity index is 498. The third-order valence-electron chi connectivity index (χ3n) is 2.94. The monoisotopic (exact) mass is 224 g/mol. The van der Waals surface area contributed by atoms with Gasteiger partial charge in [-0.25, -0.2) is 0 Å². The Morgan fingerprint density at radius 2 is 1.29 bits per heavy atom. The molecule has 0 amide bonds. The van der Waals surface area contributed by atoms with Gasteiger partial charge in [-0.2, -0.15) is 0 Å². The molecule has 0 bridgehead atoms. The van der Waals surface area contributed by atoms with E-state index in [4.69, 9.17) is 0 Å². The zero-order valence-electron chi connectivity index (χ0n) is 9.93. The molecule has 0 saturated carbocycles. The van der Waals surface area contributed by atoms with Gasteiger partial charge in [-0.05, 0) is 29.2 Å². The molecule has 0 aliphatic carbocycles. The highest BCUT2D eigenvalue weighted by molar-refractivity contribution is 5.90. The molecular formula is C16H16O. The molecule has 0 atom stereocenters. The molecular weight excluding hydrogens is 208 g/mol. The Morgan fingerprint density at radius 1 is 0.824 bits per heavy atom. The first-order valence-corrected chi connectivity index (χ1v) is 5.74. The van der Waals surface area contributed by atoms with Gasteiger partial charge in [0.1, 0.15) is 0 Å². The van der Waals surface area contributed by atoms with Crippen molar-refractivity contribution < 1.29 is 5.11 Å². The number of benzene rings is 2. The predicted molar refractivity (Wildman–Crippen MR) is 72.5 cm³/mol. The molecule has 0 radical (unpaired) electrons. The number of aliphatic hydroxyl groups is 1. The summed E-state index contributed by atoms with van der Waals surface area (Å²) < 4.78 is 0. The second-order valence-corrected chi connectivity index (χ2v) is 3.99. The largest absolute Gasteiger partial charge is 0.392 e. The molecule has 86 valence electrons. The lowest BCUT2D eigenvalue weighted by Crippen LogP contribution is -1.94. The highest BCUT2D eigenvalue weighted by atomic mass is 16.3. The number of aliphatic hydroxyl groups excluding tert-OH is 1. The summed E-state index contributed by atoms with van der Waals surface area (Å²) in [5, 5.41) is 9.55. The average Bonchev–Trinajstić information content (AvgIpc) is 2.42. The van der Waals surface area contributed by atoms with E-state index in [-0.39, 0.29) is 6.61 Å². The van der Waals surface area contributed by atoms with Crippen LogP contribution in [0.15, 0.2) is 60.7 Å². The van der Waals surface area contributed by atoms with E-state index in [0.717, 1.165) is 22.3 Å². The first-order valence-electron chi connectivity index (χ1n) is 5.74. The van der Waals surface area contributed by atoms with Crippen molar-refractivity contribution in [3.63, 3.8) is 0 Å². The third-order valence-corrected chi connectivity index (χ3v) is 2.94. The van der Waals surface area contributed by atoms with Gasteiger partial charge in [-0.15, -0.1) is 0 Å². The van der Waals surface area contributed by atoms with Gasteiger partial charge >= 0.3 is 0 Å². The number of hydrogen-bond acceptors (Lipinski definition) is 1. The van der Waals surface area contributed by atoms with E-state index >= 15 is 0 Å². The first-order chi connectivity index (χ1) is 8.33. The SMILES string of the molecule is C/C(=C(/CO)c1ccccc1)c1ccccc1. The molecule has 0 spiro atoms. The first kappa shape index (κ1) is 11.6. The summed E-state index contributed by atoms with van der Waals surface area (Å²) in [6.07, 6.45) is 0. The Kier molecular flexibility index (Phi) is 3.73. The van der Waals surface area contributed by atoms with Gasteiger partial charge in [0.05, 0.1) is 6.61 Å². The number of rotatable bonds is 3. The second kappa shape index (κ2) is 5.46. The minimum absolute atomic E-state index is 0.0603. The van der Waals surface area contributed by atoms with E-state index in [1.165, 1.54) is 0 Å². The number of allylic oxidation sites excluding steroid dienone is 1. The van der Waals surface area contributed by atoms with Crippen molar-refractivity contribution in [2.75, 3.05) is 6.61 Å². The molecule has 2 rings (SSSR count). The molecule has 17 heavy (non-hydrogen) atoms. The summed E-state index contributed by atoms with van der Waals surface area (Å²) in [4.78, 5) is 0. The van der Waals surface area contributed by atoms with Gasteiger partial charge in [0.2, 0.25) is 0 Å². The van der Waals surface area contributed by atoms with Crippen molar-refractivity contribution in [1.29, 1.82) is 0 Å². The van der Waals surface area contributed by atoms with Crippen LogP contribution in [-0.2, 0) is 0 Å². The van der Waals surface area contributed by atoms with Gasteiger partial charge in [0.25, 0.3) is 0 Å². The molecule has 0 aromatic heterocycles. The molecule has 1 heteroatoms. The Hall–Kier alpha value is -1.86. The minimum Gasteiger partial charge on any atom is -0.392 e. The van der Waals surface area contributed by atoms with Gasteiger partial charge in [0.15, 0.2) is 0 Å². The van der Waals surface area contributed by atoms with E-state index < -0.39 is 0 Å². The van der Waals surface area contributed by atoms with Crippen molar-refractivity contribution in [3.05, 3.63) is 71.8 Å². The summed E-state index contributed by atoms with van der Waals surface area (Å²) >= 11 is 0. The molecule has 0 unspecified atom stereocenters. The fourth-order valence-electron chi connectivity index (χ4n) is 1.93. The van der Waals surface area contributed by atoms with E-state index in [9.17, 15) is 5.11 Å². The Morgan fingerprint density at radius 3 is 1.76 bits per heavy atom. The van der Waals surface area contributed by atoms with E-state index in [0.29, 0.717) is 0 Å². The van der Waals surface area contributed by atoms with Crippen LogP contribution in [0.25, 0.3) is 11.1 Å². The molecule has 1 N–H and O–H groups in total. The van der Waals surface area contributed by atoms with Gasteiger partial charge in [0, 0.05) is 0 Å². The summed E-state index contributed by atoms with van der Waals surface area (Å²) in [6.45, 7) is 2.11. The summed E-state index contributed by atoms with van der Waals surface area (Å²) in [6, 6.07) is 20.2. The lowest BCUT2D eigenvalue weighted by Gasteiger charge is -2.10. The fraction of sp³-hybridized carbons (Fsp3) is 0.125. The summed E-state index contributed by atoms with van der Waals surface area (Å²) in [7, 11) is 0. The standard InChI is InChI=1S/C16H16O/c1-13(14-8-4-2-5-9-14)16(12-17)15-10-6-3-7-11-15/h2-11,17H,12H2,1H3/b16-13+. The Balaban J connectivity index is 2.48. The molecule has 0 saturated heterocycles. The molecule has 0 aliphatic rings. The zero-order valence-corrected chi connectivity index (χ0v) is 9.93. The normalized spacial score (nSPS) is 12.1. The molecule has 2 aromatic rings. The van der Waals surface area contributed by atoms with E-state index in [1.807, 2.05) is 55.5 Å². The lowest BCUT2D eigenvalue weighted by atomic mass is 9.96. The van der Waals surface area contributed by atoms with Crippen LogP contribution in [0, 0.1) is 0 Å². The predicted octanol–water partition coefficient (Wildman–Crippen LogP) is 3.61. The van der Waals surface area contributed by atoms with Gasteiger partial charge in [-0.1, -0.05) is 60.7 Å². The maximum absolute atomic E-state index is 9.55. The minimum atomic E-state index is 0.0603. The molecule has 0 fully saturated rings. The molecule has 1 nitrogen and oxygen atoms in total. The number of hydrogen-bond donors (Lipinski definition) is 1.